The minimum absolute atomic E-state index is 0.253. The smallest absolute Gasteiger partial charge is 0.225 e. The molecule has 1 aliphatic rings. The van der Waals surface area contributed by atoms with Gasteiger partial charge in [0.1, 0.15) is 12.4 Å². The van der Waals surface area contributed by atoms with E-state index in [4.69, 9.17) is 21.3 Å². The zero-order valence-electron chi connectivity index (χ0n) is 25.9. The predicted molar refractivity (Wildman–Crippen MR) is 183 cm³/mol. The Morgan fingerprint density at radius 1 is 1.23 bits per heavy atom. The molecule has 8 heteroatoms. The molecule has 1 N–H and O–H groups in total. The fourth-order valence-corrected chi connectivity index (χ4v) is 4.93. The number of ether oxygens (including phenoxy) is 1. The lowest BCUT2D eigenvalue weighted by molar-refractivity contribution is -0.470. The molecular formula is C36H42ClN3O4. The number of aliphatic hydroxyl groups is 1. The number of hydrogen-bond acceptors (Lipinski definition) is 6. The summed E-state index contributed by atoms with van der Waals surface area (Å²) in [5.74, 6) is 1.03. The number of aliphatic hydroxyl groups excluding tert-OH is 1. The summed E-state index contributed by atoms with van der Waals surface area (Å²) < 4.78 is 5.79. The summed E-state index contributed by atoms with van der Waals surface area (Å²) in [6, 6.07) is 13.9. The van der Waals surface area contributed by atoms with E-state index in [0.717, 1.165) is 46.9 Å². The molecule has 2 aromatic carbocycles. The molecule has 0 radical (unpaired) electrons. The van der Waals surface area contributed by atoms with E-state index in [1.165, 1.54) is 11.1 Å². The first kappa shape index (κ1) is 34.3. The predicted octanol–water partition coefficient (Wildman–Crippen LogP) is 7.96. The molecule has 0 heterocycles. The van der Waals surface area contributed by atoms with E-state index in [1.54, 1.807) is 19.1 Å². The summed E-state index contributed by atoms with van der Waals surface area (Å²) in [6.45, 7) is 3.51. The van der Waals surface area contributed by atoms with E-state index in [-0.39, 0.29) is 13.2 Å². The molecule has 1 atom stereocenters. The van der Waals surface area contributed by atoms with Gasteiger partial charge in [0.25, 0.3) is 0 Å². The van der Waals surface area contributed by atoms with Crippen LogP contribution in [0.3, 0.4) is 0 Å². The van der Waals surface area contributed by atoms with Gasteiger partial charge in [0, 0.05) is 47.6 Å². The van der Waals surface area contributed by atoms with Crippen molar-refractivity contribution in [2.75, 3.05) is 33.9 Å². The summed E-state index contributed by atoms with van der Waals surface area (Å²) in [4.78, 5) is 17.1. The maximum Gasteiger partial charge on any atom is 0.225 e. The van der Waals surface area contributed by atoms with Crippen molar-refractivity contribution in [3.8, 4) is 5.75 Å². The zero-order valence-corrected chi connectivity index (χ0v) is 26.7. The SMILES string of the molecule is CCc1cc(Cl)ccc1C(=C/N(C)C)/N=C/C=C/C1C=CC(c2ccc(OC/C=C\C(CO)=C(/C)C[N+](=O)[O-])cc2)=CCC1. The van der Waals surface area contributed by atoms with Crippen LogP contribution in [0, 0.1) is 16.0 Å². The molecule has 3 rings (SSSR count). The average Bonchev–Trinajstić information content (AvgIpc) is 3.24. The number of rotatable bonds is 14. The van der Waals surface area contributed by atoms with Crippen LogP contribution >= 0.6 is 11.6 Å². The van der Waals surface area contributed by atoms with Crippen molar-refractivity contribution in [2.45, 2.75) is 33.1 Å². The third kappa shape index (κ3) is 11.1. The quantitative estimate of drug-likeness (QED) is 0.101. The molecule has 0 fully saturated rings. The Morgan fingerprint density at radius 3 is 2.68 bits per heavy atom. The van der Waals surface area contributed by atoms with Gasteiger partial charge in [-0.15, -0.1) is 0 Å². The fourth-order valence-electron chi connectivity index (χ4n) is 4.74. The van der Waals surface area contributed by atoms with Gasteiger partial charge in [-0.2, -0.15) is 0 Å². The highest BCUT2D eigenvalue weighted by Gasteiger charge is 2.09. The van der Waals surface area contributed by atoms with E-state index in [1.807, 2.05) is 80.0 Å². The molecule has 0 spiro atoms. The molecule has 0 aromatic heterocycles. The number of nitro groups is 1. The fraction of sp³-hybridized carbons (Fsp3) is 0.306. The van der Waals surface area contributed by atoms with Crippen molar-refractivity contribution in [3.05, 3.63) is 134 Å². The summed E-state index contributed by atoms with van der Waals surface area (Å²) in [6.07, 6.45) is 21.0. The minimum atomic E-state index is -0.408. The summed E-state index contributed by atoms with van der Waals surface area (Å²) in [5, 5.41) is 20.9. The molecule has 0 aliphatic heterocycles. The van der Waals surface area contributed by atoms with Crippen LogP contribution in [-0.2, 0) is 6.42 Å². The van der Waals surface area contributed by atoms with Crippen molar-refractivity contribution in [3.63, 3.8) is 0 Å². The molecular weight excluding hydrogens is 574 g/mol. The first-order valence-electron chi connectivity index (χ1n) is 14.8. The molecule has 2 aromatic rings. The largest absolute Gasteiger partial charge is 0.490 e. The standard InChI is InChI=1S/C36H42ClN3O4/c1-5-29-23-33(37)17-20-35(29)36(25-39(3)4)38-21-7-10-28-9-6-11-30(14-13-28)31-15-18-34(19-16-31)44-22-8-12-32(26-41)27(2)24-40(42)43/h7-8,10-21,23,25,28,41H,5-6,9,22,24,26H2,1-4H3/b10-7+,12-8-,32-27-,36-25-,38-21+. The van der Waals surface area contributed by atoms with Crippen molar-refractivity contribution in [1.29, 1.82) is 0 Å². The molecule has 0 saturated heterocycles. The number of hydrogen-bond donors (Lipinski definition) is 1. The lowest BCUT2D eigenvalue weighted by atomic mass is 10.0. The van der Waals surface area contributed by atoms with Gasteiger partial charge in [-0.1, -0.05) is 67.1 Å². The van der Waals surface area contributed by atoms with Crippen LogP contribution in [0.5, 0.6) is 5.75 Å². The van der Waals surface area contributed by atoms with Gasteiger partial charge >= 0.3 is 0 Å². The van der Waals surface area contributed by atoms with Crippen LogP contribution in [-0.4, -0.2) is 55.0 Å². The Hall–Kier alpha value is -4.20. The molecule has 232 valence electrons. The second-order valence-corrected chi connectivity index (χ2v) is 11.2. The van der Waals surface area contributed by atoms with Crippen molar-refractivity contribution in [1.82, 2.24) is 4.90 Å². The molecule has 0 amide bonds. The number of allylic oxidation sites excluding steroid dienone is 6. The van der Waals surface area contributed by atoms with Crippen molar-refractivity contribution < 1.29 is 14.8 Å². The van der Waals surface area contributed by atoms with Gasteiger partial charge in [-0.05, 0) is 90.8 Å². The highest BCUT2D eigenvalue weighted by molar-refractivity contribution is 6.30. The minimum Gasteiger partial charge on any atom is -0.490 e. The summed E-state index contributed by atoms with van der Waals surface area (Å²) >= 11 is 6.22. The number of halogens is 1. The van der Waals surface area contributed by atoms with Gasteiger partial charge in [-0.3, -0.25) is 15.1 Å². The van der Waals surface area contributed by atoms with Crippen molar-refractivity contribution >= 4 is 29.1 Å². The van der Waals surface area contributed by atoms with E-state index in [2.05, 4.69) is 31.2 Å². The first-order valence-corrected chi connectivity index (χ1v) is 15.1. The number of aliphatic imine (C=N–C) groups is 1. The molecule has 1 unspecified atom stereocenters. The van der Waals surface area contributed by atoms with Crippen LogP contribution in [0.25, 0.3) is 11.3 Å². The topological polar surface area (TPSA) is 88.2 Å². The Balaban J connectivity index is 1.59. The van der Waals surface area contributed by atoms with Gasteiger partial charge in [0.2, 0.25) is 6.54 Å². The Bertz CT molecular complexity index is 1480. The third-order valence-electron chi connectivity index (χ3n) is 7.09. The van der Waals surface area contributed by atoms with Gasteiger partial charge < -0.3 is 14.7 Å². The molecule has 7 nitrogen and oxygen atoms in total. The maximum atomic E-state index is 10.7. The highest BCUT2D eigenvalue weighted by Crippen LogP contribution is 2.27. The highest BCUT2D eigenvalue weighted by atomic mass is 35.5. The van der Waals surface area contributed by atoms with Crippen LogP contribution < -0.4 is 4.74 Å². The number of aryl methyl sites for hydroxylation is 1. The van der Waals surface area contributed by atoms with E-state index in [9.17, 15) is 15.2 Å². The first-order chi connectivity index (χ1) is 21.2. The number of nitrogens with zero attached hydrogens (tertiary/aromatic N) is 3. The van der Waals surface area contributed by atoms with Crippen LogP contribution in [0.2, 0.25) is 5.02 Å². The lowest BCUT2D eigenvalue weighted by Gasteiger charge is -2.12. The normalized spacial score (nSPS) is 16.4. The van der Waals surface area contributed by atoms with Crippen LogP contribution in [0.1, 0.15) is 43.4 Å². The Kier molecular flexibility index (Phi) is 13.9. The Labute approximate surface area is 266 Å². The van der Waals surface area contributed by atoms with Crippen LogP contribution in [0.4, 0.5) is 0 Å². The lowest BCUT2D eigenvalue weighted by Crippen LogP contribution is -2.05. The molecule has 0 saturated carbocycles. The second-order valence-electron chi connectivity index (χ2n) is 10.7. The van der Waals surface area contributed by atoms with Crippen molar-refractivity contribution in [2.24, 2.45) is 10.9 Å². The number of benzene rings is 2. The van der Waals surface area contributed by atoms with E-state index < -0.39 is 4.92 Å². The third-order valence-corrected chi connectivity index (χ3v) is 7.32. The average molecular weight is 616 g/mol. The zero-order chi connectivity index (χ0) is 31.9. The Morgan fingerprint density at radius 2 is 2.00 bits per heavy atom. The summed E-state index contributed by atoms with van der Waals surface area (Å²) in [7, 11) is 3.98. The molecule has 0 bridgehead atoms. The monoisotopic (exact) mass is 615 g/mol. The summed E-state index contributed by atoms with van der Waals surface area (Å²) in [5.41, 5.74) is 6.49. The van der Waals surface area contributed by atoms with Gasteiger partial charge in [-0.25, -0.2) is 0 Å². The molecule has 1 aliphatic carbocycles. The maximum absolute atomic E-state index is 10.7. The van der Waals surface area contributed by atoms with Gasteiger partial charge in [0.05, 0.1) is 12.3 Å². The van der Waals surface area contributed by atoms with Gasteiger partial charge in [0.15, 0.2) is 0 Å². The second kappa shape index (κ2) is 17.8. The molecule has 44 heavy (non-hydrogen) atoms. The van der Waals surface area contributed by atoms with E-state index >= 15 is 0 Å². The van der Waals surface area contributed by atoms with Crippen LogP contribution in [0.15, 0.2) is 107 Å². The van der Waals surface area contributed by atoms with E-state index in [0.29, 0.717) is 23.7 Å².